The normalized spacial score (nSPS) is 18.9. The molecule has 0 unspecified atom stereocenters. The number of fused-ring (bicyclic) bond motifs is 1. The molecule has 0 nitrogen and oxygen atoms in total. The molecule has 0 amide bonds. The van der Waals surface area contributed by atoms with E-state index < -0.39 is 0 Å². The zero-order valence-corrected chi connectivity index (χ0v) is 5.81. The van der Waals surface area contributed by atoms with Crippen LogP contribution in [0.1, 0.15) is 25.0 Å². The molecule has 0 heterocycles. The summed E-state index contributed by atoms with van der Waals surface area (Å²) in [5.74, 6) is 0. The van der Waals surface area contributed by atoms with Gasteiger partial charge in [0.05, 0.1) is 0 Å². The molecule has 1 aliphatic carbocycles. The van der Waals surface area contributed by atoms with Crippen LogP contribution in [0.5, 0.6) is 0 Å². The number of benzene rings is 1. The summed E-state index contributed by atoms with van der Waals surface area (Å²) in [7, 11) is 0. The molecule has 0 saturated heterocycles. The van der Waals surface area contributed by atoms with E-state index in [0.717, 1.165) is 0 Å². The molecule has 2 rings (SSSR count). The SMILES string of the molecule is CC1(C)c2ccccc21. The van der Waals surface area contributed by atoms with Gasteiger partial charge in [0, 0.05) is 5.41 Å². The molecule has 0 saturated carbocycles. The first-order valence-electron chi connectivity index (χ1n) is 3.33. The molecule has 0 N–H and O–H groups in total. The predicted molar refractivity (Wildman–Crippen MR) is 38.6 cm³/mol. The van der Waals surface area contributed by atoms with Gasteiger partial charge in [-0.3, -0.25) is 0 Å². The number of hydrogen-bond donors (Lipinski definition) is 0. The van der Waals surface area contributed by atoms with Crippen molar-refractivity contribution in [1.82, 2.24) is 0 Å². The zero-order chi connectivity index (χ0) is 6.48. The summed E-state index contributed by atoms with van der Waals surface area (Å²) in [5, 5.41) is 0. The Kier molecular flexibility index (Phi) is 0.675. The lowest BCUT2D eigenvalue weighted by molar-refractivity contribution is 0.793. The van der Waals surface area contributed by atoms with Crippen LogP contribution >= 0.6 is 0 Å². The van der Waals surface area contributed by atoms with Crippen LogP contribution < -0.4 is 0 Å². The Balaban J connectivity index is 2.58. The lowest BCUT2D eigenvalue weighted by atomic mass is 10.1. The van der Waals surface area contributed by atoms with E-state index in [4.69, 9.17) is 0 Å². The Morgan fingerprint density at radius 1 is 1.00 bits per heavy atom. The van der Waals surface area contributed by atoms with E-state index in [-0.39, 0.29) is 0 Å². The quantitative estimate of drug-likeness (QED) is 0.490. The van der Waals surface area contributed by atoms with Crippen molar-refractivity contribution in [2.24, 2.45) is 0 Å². The zero-order valence-electron chi connectivity index (χ0n) is 5.81. The minimum absolute atomic E-state index is 0.406. The van der Waals surface area contributed by atoms with Gasteiger partial charge in [0.2, 0.25) is 0 Å². The van der Waals surface area contributed by atoms with E-state index in [0.29, 0.717) is 5.41 Å². The van der Waals surface area contributed by atoms with Crippen molar-refractivity contribution in [2.45, 2.75) is 19.3 Å². The molecule has 9 heavy (non-hydrogen) atoms. The first-order valence-corrected chi connectivity index (χ1v) is 3.33. The van der Waals surface area contributed by atoms with E-state index >= 15 is 0 Å². The van der Waals surface area contributed by atoms with E-state index in [9.17, 15) is 0 Å². The van der Waals surface area contributed by atoms with Gasteiger partial charge >= 0.3 is 0 Å². The first-order chi connectivity index (χ1) is 4.23. The van der Waals surface area contributed by atoms with Crippen LogP contribution in [0.3, 0.4) is 0 Å². The predicted octanol–water partition coefficient (Wildman–Crippen LogP) is 2.33. The topological polar surface area (TPSA) is 0 Å². The minimum atomic E-state index is 0.406. The molecule has 0 radical (unpaired) electrons. The van der Waals surface area contributed by atoms with Crippen LogP contribution in [-0.4, -0.2) is 0 Å². The first kappa shape index (κ1) is 5.04. The highest BCUT2D eigenvalue weighted by Crippen LogP contribution is 2.48. The monoisotopic (exact) mass is 118 g/mol. The van der Waals surface area contributed by atoms with Gasteiger partial charge in [-0.25, -0.2) is 0 Å². The Hall–Kier alpha value is -0.780. The van der Waals surface area contributed by atoms with Gasteiger partial charge in [-0.15, -0.1) is 0 Å². The molecule has 0 atom stereocenters. The molecule has 0 bridgehead atoms. The highest BCUT2D eigenvalue weighted by Gasteiger charge is 2.40. The maximum atomic E-state index is 2.26. The van der Waals surface area contributed by atoms with Gasteiger partial charge in [0.15, 0.2) is 0 Å². The summed E-state index contributed by atoms with van der Waals surface area (Å²) < 4.78 is 0. The summed E-state index contributed by atoms with van der Waals surface area (Å²) in [5.41, 5.74) is 3.44. The van der Waals surface area contributed by atoms with Crippen molar-refractivity contribution in [3.05, 3.63) is 35.4 Å². The number of rotatable bonds is 0. The molecule has 0 aliphatic heterocycles. The van der Waals surface area contributed by atoms with Gasteiger partial charge in [-0.1, -0.05) is 38.1 Å². The van der Waals surface area contributed by atoms with Crippen LogP contribution in [0.15, 0.2) is 24.3 Å². The molecule has 46 valence electrons. The Labute approximate surface area is 55.5 Å². The van der Waals surface area contributed by atoms with Crippen molar-refractivity contribution in [1.29, 1.82) is 0 Å². The molecule has 0 fully saturated rings. The molecule has 0 aromatic heterocycles. The van der Waals surface area contributed by atoms with Crippen LogP contribution in [0, 0.1) is 0 Å². The van der Waals surface area contributed by atoms with Gasteiger partial charge in [0.25, 0.3) is 0 Å². The molecule has 1 aliphatic rings. The summed E-state index contributed by atoms with van der Waals surface area (Å²) in [6, 6.07) is 8.62. The van der Waals surface area contributed by atoms with Crippen molar-refractivity contribution in [3.63, 3.8) is 0 Å². The summed E-state index contributed by atoms with van der Waals surface area (Å²) in [6.07, 6.45) is 0. The van der Waals surface area contributed by atoms with Gasteiger partial charge in [-0.2, -0.15) is 0 Å². The van der Waals surface area contributed by atoms with E-state index in [1.165, 1.54) is 11.1 Å². The van der Waals surface area contributed by atoms with Crippen molar-refractivity contribution in [3.8, 4) is 0 Å². The third kappa shape index (κ3) is 0.481. The summed E-state index contributed by atoms with van der Waals surface area (Å²) in [4.78, 5) is 0. The second kappa shape index (κ2) is 1.21. The fourth-order valence-electron chi connectivity index (χ4n) is 1.43. The van der Waals surface area contributed by atoms with Gasteiger partial charge in [0.1, 0.15) is 0 Å². The average molecular weight is 118 g/mol. The fourth-order valence-corrected chi connectivity index (χ4v) is 1.43. The van der Waals surface area contributed by atoms with Gasteiger partial charge < -0.3 is 0 Å². The Bertz CT molecular complexity index is 221. The minimum Gasteiger partial charge on any atom is -0.0619 e. The van der Waals surface area contributed by atoms with Crippen LogP contribution in [0.25, 0.3) is 0 Å². The smallest absolute Gasteiger partial charge is 0.0152 e. The molecule has 0 spiro atoms. The van der Waals surface area contributed by atoms with Crippen molar-refractivity contribution >= 4 is 0 Å². The molecule has 1 aromatic rings. The number of hydrogen-bond acceptors (Lipinski definition) is 0. The molecular formula is C9H10. The van der Waals surface area contributed by atoms with Crippen molar-refractivity contribution < 1.29 is 0 Å². The van der Waals surface area contributed by atoms with E-state index in [2.05, 4.69) is 38.1 Å². The average Bonchev–Trinajstić information content (AvgIpc) is 2.39. The maximum Gasteiger partial charge on any atom is 0.0152 e. The highest BCUT2D eigenvalue weighted by atomic mass is 14.4. The van der Waals surface area contributed by atoms with E-state index in [1.807, 2.05) is 0 Å². The summed E-state index contributed by atoms with van der Waals surface area (Å²) in [6.45, 7) is 4.52. The highest BCUT2D eigenvalue weighted by molar-refractivity contribution is 5.57. The summed E-state index contributed by atoms with van der Waals surface area (Å²) >= 11 is 0. The molecule has 0 heteroatoms. The molecular weight excluding hydrogens is 108 g/mol. The van der Waals surface area contributed by atoms with Crippen LogP contribution in [0.4, 0.5) is 0 Å². The second-order valence-electron chi connectivity index (χ2n) is 3.17. The lowest BCUT2D eigenvalue weighted by Crippen LogP contribution is -1.89. The Morgan fingerprint density at radius 2 is 1.44 bits per heavy atom. The standard InChI is InChI=1S/C9H10/c1-9(2)7-5-3-4-6-8(7)9/h3-6H,1-2H3. The molecule has 1 aromatic carbocycles. The lowest BCUT2D eigenvalue weighted by Gasteiger charge is -1.92. The van der Waals surface area contributed by atoms with Crippen molar-refractivity contribution in [2.75, 3.05) is 0 Å². The second-order valence-corrected chi connectivity index (χ2v) is 3.17. The fraction of sp³-hybridized carbons (Fsp3) is 0.333. The van der Waals surface area contributed by atoms with E-state index in [1.54, 1.807) is 0 Å². The maximum absolute atomic E-state index is 2.26. The Morgan fingerprint density at radius 3 is 1.78 bits per heavy atom. The van der Waals surface area contributed by atoms with Gasteiger partial charge in [-0.05, 0) is 11.1 Å². The largest absolute Gasteiger partial charge is 0.0619 e. The van der Waals surface area contributed by atoms with Crippen LogP contribution in [0.2, 0.25) is 0 Å². The van der Waals surface area contributed by atoms with Crippen LogP contribution in [-0.2, 0) is 5.41 Å². The third-order valence-corrected chi connectivity index (χ3v) is 2.21. The third-order valence-electron chi connectivity index (χ3n) is 2.21.